The van der Waals surface area contributed by atoms with E-state index in [0.717, 1.165) is 30.4 Å². The molecular formula is C30H38O5. The molecule has 2 fully saturated rings. The highest BCUT2D eigenvalue weighted by molar-refractivity contribution is 6.06. The summed E-state index contributed by atoms with van der Waals surface area (Å²) in [4.78, 5) is 25.5. The molecule has 0 heterocycles. The van der Waals surface area contributed by atoms with Crippen molar-refractivity contribution >= 4 is 11.8 Å². The summed E-state index contributed by atoms with van der Waals surface area (Å²) in [7, 11) is 1.41. The van der Waals surface area contributed by atoms with Gasteiger partial charge in [-0.25, -0.2) is 0 Å². The van der Waals surface area contributed by atoms with Crippen LogP contribution in [0.1, 0.15) is 73.6 Å². The molecule has 0 amide bonds. The van der Waals surface area contributed by atoms with Gasteiger partial charge in [0.2, 0.25) is 5.78 Å². The summed E-state index contributed by atoms with van der Waals surface area (Å²) in [6.07, 6.45) is 9.01. The van der Waals surface area contributed by atoms with E-state index < -0.39 is 11.5 Å². The zero-order chi connectivity index (χ0) is 25.7. The molecule has 0 saturated heterocycles. The summed E-state index contributed by atoms with van der Waals surface area (Å²) in [5.41, 5.74) is 5.06. The van der Waals surface area contributed by atoms with Crippen LogP contribution in [0.15, 0.2) is 57.4 Å². The Morgan fingerprint density at radius 3 is 2.40 bits per heavy atom. The van der Waals surface area contributed by atoms with Crippen molar-refractivity contribution in [1.82, 2.24) is 0 Å². The van der Waals surface area contributed by atoms with Gasteiger partial charge in [0.25, 0.3) is 0 Å². The maximum Gasteiger partial charge on any atom is 0.314 e. The van der Waals surface area contributed by atoms with Crippen molar-refractivity contribution in [3.05, 3.63) is 57.4 Å². The Kier molecular flexibility index (Phi) is 5.08. The molecule has 5 heteroatoms. The van der Waals surface area contributed by atoms with Gasteiger partial charge in [0.1, 0.15) is 0 Å². The minimum atomic E-state index is -0.926. The number of rotatable bonds is 1. The molecule has 0 aliphatic heterocycles. The smallest absolute Gasteiger partial charge is 0.314 e. The number of hydrogen-bond acceptors (Lipinski definition) is 5. The maximum atomic E-state index is 12.9. The van der Waals surface area contributed by atoms with E-state index in [1.807, 2.05) is 13.8 Å². The highest BCUT2D eigenvalue weighted by atomic mass is 16.5. The van der Waals surface area contributed by atoms with Gasteiger partial charge in [-0.15, -0.1) is 0 Å². The van der Waals surface area contributed by atoms with Crippen LogP contribution in [0.3, 0.4) is 0 Å². The molecule has 5 nitrogen and oxygen atoms in total. The SMILES string of the molecule is COC(=O)[C@]1(C)C[C@H]2[C@@](C)(CC(C)=C3C4=CC=C5C(=CC(=O)C(O)=C5C)[C@@]4(C)CC[C@]32C)C[C@H]1O. The van der Waals surface area contributed by atoms with E-state index in [2.05, 4.69) is 39.8 Å². The Bertz CT molecular complexity index is 1210. The van der Waals surface area contributed by atoms with Crippen LogP contribution in [-0.2, 0) is 14.3 Å². The molecule has 0 bridgehead atoms. The normalized spacial score (nSPS) is 42.7. The third-order valence-corrected chi connectivity index (χ3v) is 10.5. The predicted octanol–water partition coefficient (Wildman–Crippen LogP) is 5.68. The number of hydrogen-bond donors (Lipinski definition) is 2. The number of ether oxygens (including phenoxy) is 1. The van der Waals surface area contributed by atoms with Crippen LogP contribution in [0.5, 0.6) is 0 Å². The van der Waals surface area contributed by atoms with Crippen LogP contribution in [0.4, 0.5) is 0 Å². The van der Waals surface area contributed by atoms with Gasteiger partial charge in [-0.1, -0.05) is 38.5 Å². The van der Waals surface area contributed by atoms with Gasteiger partial charge < -0.3 is 14.9 Å². The molecule has 5 aliphatic rings. The van der Waals surface area contributed by atoms with Crippen molar-refractivity contribution in [3.63, 3.8) is 0 Å². The van der Waals surface area contributed by atoms with Crippen molar-refractivity contribution in [3.8, 4) is 0 Å². The van der Waals surface area contributed by atoms with E-state index >= 15 is 0 Å². The zero-order valence-corrected chi connectivity index (χ0v) is 22.0. The highest BCUT2D eigenvalue weighted by Crippen LogP contribution is 2.70. The predicted molar refractivity (Wildman–Crippen MR) is 134 cm³/mol. The van der Waals surface area contributed by atoms with Gasteiger partial charge in [-0.3, -0.25) is 9.59 Å². The maximum absolute atomic E-state index is 12.9. The number of aliphatic hydroxyl groups excluding tert-OH is 2. The third kappa shape index (κ3) is 2.97. The molecule has 0 radical (unpaired) electrons. The molecule has 6 atom stereocenters. The molecule has 2 saturated carbocycles. The molecule has 2 N–H and O–H groups in total. The van der Waals surface area contributed by atoms with E-state index in [1.54, 1.807) is 6.08 Å². The molecule has 188 valence electrons. The Morgan fingerprint density at radius 1 is 1.06 bits per heavy atom. The molecule has 0 aromatic carbocycles. The molecule has 0 aromatic rings. The topological polar surface area (TPSA) is 83.8 Å². The minimum Gasteiger partial charge on any atom is -0.504 e. The number of esters is 1. The lowest BCUT2D eigenvalue weighted by molar-refractivity contribution is -0.177. The van der Waals surface area contributed by atoms with Crippen LogP contribution < -0.4 is 0 Å². The van der Waals surface area contributed by atoms with Gasteiger partial charge in [-0.2, -0.15) is 0 Å². The monoisotopic (exact) mass is 478 g/mol. The average molecular weight is 479 g/mol. The van der Waals surface area contributed by atoms with Gasteiger partial charge in [-0.05, 0) is 98.0 Å². The van der Waals surface area contributed by atoms with Crippen LogP contribution in [0.25, 0.3) is 0 Å². The van der Waals surface area contributed by atoms with Crippen LogP contribution in [-0.4, -0.2) is 35.2 Å². The van der Waals surface area contributed by atoms with Gasteiger partial charge >= 0.3 is 5.97 Å². The van der Waals surface area contributed by atoms with Crippen molar-refractivity contribution in [2.24, 2.45) is 27.6 Å². The van der Waals surface area contributed by atoms with Gasteiger partial charge in [0.05, 0.1) is 18.6 Å². The fraction of sp³-hybridized carbons (Fsp3) is 0.600. The first-order valence-electron chi connectivity index (χ1n) is 12.8. The van der Waals surface area contributed by atoms with E-state index in [4.69, 9.17) is 4.74 Å². The summed E-state index contributed by atoms with van der Waals surface area (Å²) in [6.45, 7) is 12.8. The lowest BCUT2D eigenvalue weighted by Crippen LogP contribution is -2.59. The molecule has 35 heavy (non-hydrogen) atoms. The first kappa shape index (κ1) is 24.3. The van der Waals surface area contributed by atoms with Crippen molar-refractivity contribution < 1.29 is 24.5 Å². The summed E-state index contributed by atoms with van der Waals surface area (Å²) in [6, 6.07) is 0. The van der Waals surface area contributed by atoms with Crippen molar-refractivity contribution in [1.29, 1.82) is 0 Å². The molecule has 5 rings (SSSR count). The second-order valence-electron chi connectivity index (χ2n) is 12.7. The number of carbonyl (C=O) groups is 2. The fourth-order valence-electron chi connectivity index (χ4n) is 8.55. The minimum absolute atomic E-state index is 0.107. The Hall–Kier alpha value is -2.40. The molecule has 0 aromatic heterocycles. The van der Waals surface area contributed by atoms with Crippen molar-refractivity contribution in [2.75, 3.05) is 7.11 Å². The summed E-state index contributed by atoms with van der Waals surface area (Å²) in [5, 5.41) is 21.4. The summed E-state index contributed by atoms with van der Waals surface area (Å²) >= 11 is 0. The first-order valence-corrected chi connectivity index (χ1v) is 12.8. The Balaban J connectivity index is 1.67. The van der Waals surface area contributed by atoms with E-state index in [0.29, 0.717) is 18.4 Å². The summed E-state index contributed by atoms with van der Waals surface area (Å²) < 4.78 is 5.16. The number of aliphatic hydroxyl groups is 2. The fourth-order valence-corrected chi connectivity index (χ4v) is 8.55. The molecular weight excluding hydrogens is 440 g/mol. The van der Waals surface area contributed by atoms with Gasteiger partial charge in [0.15, 0.2) is 5.76 Å². The van der Waals surface area contributed by atoms with Crippen molar-refractivity contribution in [2.45, 2.75) is 79.8 Å². The quantitative estimate of drug-likeness (QED) is 0.474. The first-order chi connectivity index (χ1) is 16.2. The number of methoxy groups -OCH3 is 1. The van der Waals surface area contributed by atoms with Gasteiger partial charge in [0, 0.05) is 11.0 Å². The zero-order valence-electron chi connectivity index (χ0n) is 22.0. The lowest BCUT2D eigenvalue weighted by atomic mass is 9.40. The molecule has 0 unspecified atom stereocenters. The highest BCUT2D eigenvalue weighted by Gasteiger charge is 2.63. The third-order valence-electron chi connectivity index (χ3n) is 10.5. The largest absolute Gasteiger partial charge is 0.504 e. The Morgan fingerprint density at radius 2 is 1.74 bits per heavy atom. The number of fused-ring (bicyclic) bond motifs is 7. The molecule has 0 spiro atoms. The van der Waals surface area contributed by atoms with Crippen LogP contribution in [0, 0.1) is 27.6 Å². The van der Waals surface area contributed by atoms with E-state index in [-0.39, 0.29) is 39.7 Å². The summed E-state index contributed by atoms with van der Waals surface area (Å²) in [5.74, 6) is -0.596. The average Bonchev–Trinajstić information content (AvgIpc) is 2.79. The number of allylic oxidation sites excluding steroid dienone is 9. The Labute approximate surface area is 208 Å². The number of carbonyl (C=O) groups excluding carboxylic acids is 2. The molecule has 5 aliphatic carbocycles. The standard InChI is InChI=1S/C30H38O5/c1-16-13-27(3)15-23(32)30(6,26(34)35-7)14-22(27)29(5)11-10-28(4)19(24(16)29)9-8-18-17(2)25(33)21(31)12-20(18)28/h8-9,12,22-23,32-33H,10-11,13-15H2,1-7H3/t22-,23+,27-,28-,29-,30+/m0/s1. The number of ketones is 1. The second-order valence-corrected chi connectivity index (χ2v) is 12.7. The van der Waals surface area contributed by atoms with Crippen LogP contribution in [0.2, 0.25) is 0 Å². The van der Waals surface area contributed by atoms with Crippen LogP contribution >= 0.6 is 0 Å². The second kappa shape index (κ2) is 7.32. The van der Waals surface area contributed by atoms with E-state index in [9.17, 15) is 19.8 Å². The lowest BCUT2D eigenvalue weighted by Gasteiger charge is -2.63. The van der Waals surface area contributed by atoms with E-state index in [1.165, 1.54) is 23.8 Å².